The van der Waals surface area contributed by atoms with Crippen molar-refractivity contribution in [2.45, 2.75) is 24.8 Å². The fourth-order valence-corrected chi connectivity index (χ4v) is 3.23. The van der Waals surface area contributed by atoms with Gasteiger partial charge in [0.1, 0.15) is 0 Å². The highest BCUT2D eigenvalue weighted by molar-refractivity contribution is 7.99. The summed E-state index contributed by atoms with van der Waals surface area (Å²) in [5.74, 6) is 0.0608. The summed E-state index contributed by atoms with van der Waals surface area (Å²) in [6.07, 6.45) is 1.28. The number of thiophene rings is 1. The van der Waals surface area contributed by atoms with Crippen LogP contribution >= 0.6 is 23.1 Å². The molecule has 0 spiro atoms. The van der Waals surface area contributed by atoms with E-state index in [0.717, 1.165) is 11.1 Å². The Morgan fingerprint density at radius 2 is 2.05 bits per heavy atom. The van der Waals surface area contributed by atoms with Gasteiger partial charge in [-0.3, -0.25) is 4.79 Å². The Labute approximate surface area is 140 Å². The number of amides is 1. The third-order valence-corrected chi connectivity index (χ3v) is 5.16. The molecule has 5 heteroatoms. The van der Waals surface area contributed by atoms with Crippen LogP contribution in [0.3, 0.4) is 0 Å². The van der Waals surface area contributed by atoms with E-state index in [0.29, 0.717) is 13.1 Å². The van der Waals surface area contributed by atoms with E-state index >= 15 is 0 Å². The van der Waals surface area contributed by atoms with Crippen LogP contribution < -0.4 is 0 Å². The highest BCUT2D eigenvalue weighted by Crippen LogP contribution is 2.20. The molecule has 0 saturated carbocycles. The summed E-state index contributed by atoms with van der Waals surface area (Å²) in [5, 5.41) is 14.1. The van der Waals surface area contributed by atoms with Gasteiger partial charge in [-0.1, -0.05) is 30.3 Å². The van der Waals surface area contributed by atoms with Crippen molar-refractivity contribution < 1.29 is 9.90 Å². The Morgan fingerprint density at radius 3 is 2.64 bits per heavy atom. The molecular formula is C17H21NO2S2. The van der Waals surface area contributed by atoms with Gasteiger partial charge in [-0.25, -0.2) is 0 Å². The summed E-state index contributed by atoms with van der Waals surface area (Å²) in [5.41, 5.74) is 1.94. The van der Waals surface area contributed by atoms with Gasteiger partial charge in [-0.05, 0) is 41.1 Å². The smallest absolute Gasteiger partial charge is 0.235 e. The molecule has 1 aromatic carbocycles. The molecule has 1 N–H and O–H groups in total. The number of carbonyl (C=O) groups excluding carboxylic acids is 1. The van der Waals surface area contributed by atoms with Crippen LogP contribution in [0, 0.1) is 0 Å². The van der Waals surface area contributed by atoms with E-state index in [4.69, 9.17) is 0 Å². The molecule has 0 saturated heterocycles. The van der Waals surface area contributed by atoms with Gasteiger partial charge in [0.25, 0.3) is 0 Å². The predicted molar refractivity (Wildman–Crippen MR) is 94.1 cm³/mol. The first-order valence-electron chi connectivity index (χ1n) is 7.17. The molecule has 1 amide bonds. The second-order valence-corrected chi connectivity index (χ2v) is 7.11. The number of benzene rings is 1. The first kappa shape index (κ1) is 17.1. The first-order valence-corrected chi connectivity index (χ1v) is 9.40. The number of rotatable bonds is 7. The zero-order chi connectivity index (χ0) is 15.9. The van der Waals surface area contributed by atoms with Crippen molar-refractivity contribution in [1.29, 1.82) is 0 Å². The van der Waals surface area contributed by atoms with Crippen molar-refractivity contribution in [2.75, 3.05) is 12.8 Å². The van der Waals surface area contributed by atoms with Gasteiger partial charge < -0.3 is 10.0 Å². The molecule has 0 bridgehead atoms. The monoisotopic (exact) mass is 335 g/mol. The molecule has 1 aromatic heterocycles. The van der Waals surface area contributed by atoms with Crippen LogP contribution in [0.4, 0.5) is 0 Å². The van der Waals surface area contributed by atoms with Crippen LogP contribution in [0.5, 0.6) is 0 Å². The highest BCUT2D eigenvalue weighted by Gasteiger charge is 2.23. The van der Waals surface area contributed by atoms with Crippen LogP contribution in [0.25, 0.3) is 0 Å². The summed E-state index contributed by atoms with van der Waals surface area (Å²) < 4.78 is 0. The molecule has 2 unspecified atom stereocenters. The topological polar surface area (TPSA) is 40.5 Å². The lowest BCUT2D eigenvalue weighted by Crippen LogP contribution is -2.38. The first-order chi connectivity index (χ1) is 10.6. The Bertz CT molecular complexity index is 572. The van der Waals surface area contributed by atoms with Crippen molar-refractivity contribution in [3.8, 4) is 0 Å². The fourth-order valence-electron chi connectivity index (χ4n) is 2.17. The van der Waals surface area contributed by atoms with Crippen LogP contribution in [0.1, 0.15) is 24.2 Å². The molecule has 2 rings (SSSR count). The van der Waals surface area contributed by atoms with Crippen molar-refractivity contribution >= 4 is 29.0 Å². The Hall–Kier alpha value is -1.30. The second-order valence-electron chi connectivity index (χ2n) is 5.15. The van der Waals surface area contributed by atoms with Crippen LogP contribution in [0.15, 0.2) is 47.2 Å². The number of hydrogen-bond acceptors (Lipinski definition) is 4. The number of aliphatic hydroxyl groups is 1. The van der Waals surface area contributed by atoms with E-state index in [1.165, 1.54) is 11.8 Å². The zero-order valence-electron chi connectivity index (χ0n) is 12.8. The van der Waals surface area contributed by atoms with Crippen LogP contribution in [0.2, 0.25) is 0 Å². The lowest BCUT2D eigenvalue weighted by Gasteiger charge is -2.27. The Kier molecular flexibility index (Phi) is 6.49. The second kappa shape index (κ2) is 8.36. The zero-order valence-corrected chi connectivity index (χ0v) is 14.4. The van der Waals surface area contributed by atoms with Gasteiger partial charge in [-0.15, -0.1) is 0 Å². The van der Waals surface area contributed by atoms with Gasteiger partial charge in [-0.2, -0.15) is 23.1 Å². The normalized spacial score (nSPS) is 13.6. The number of carbonyl (C=O) groups is 1. The summed E-state index contributed by atoms with van der Waals surface area (Å²) in [4.78, 5) is 14.3. The minimum Gasteiger partial charge on any atom is -0.387 e. The van der Waals surface area contributed by atoms with Crippen LogP contribution in [-0.2, 0) is 11.3 Å². The van der Waals surface area contributed by atoms with E-state index in [1.54, 1.807) is 16.2 Å². The molecular weight excluding hydrogens is 314 g/mol. The molecule has 0 fully saturated rings. The minimum atomic E-state index is -0.645. The van der Waals surface area contributed by atoms with E-state index in [-0.39, 0.29) is 11.2 Å². The average molecular weight is 335 g/mol. The fraction of sp³-hybridized carbons (Fsp3) is 0.353. The third kappa shape index (κ3) is 4.60. The molecule has 2 aromatic rings. The molecule has 22 heavy (non-hydrogen) atoms. The summed E-state index contributed by atoms with van der Waals surface area (Å²) >= 11 is 3.08. The third-order valence-electron chi connectivity index (χ3n) is 3.55. The Balaban J connectivity index is 2.12. The lowest BCUT2D eigenvalue weighted by atomic mass is 10.1. The highest BCUT2D eigenvalue weighted by atomic mass is 32.2. The average Bonchev–Trinajstić information content (AvgIpc) is 3.08. The number of thioether (sulfide) groups is 1. The maximum atomic E-state index is 12.6. The minimum absolute atomic E-state index is 0.0608. The molecule has 118 valence electrons. The molecule has 0 radical (unpaired) electrons. The van der Waals surface area contributed by atoms with Gasteiger partial charge >= 0.3 is 0 Å². The largest absolute Gasteiger partial charge is 0.387 e. The van der Waals surface area contributed by atoms with E-state index in [2.05, 4.69) is 0 Å². The Morgan fingerprint density at radius 1 is 1.32 bits per heavy atom. The summed E-state index contributed by atoms with van der Waals surface area (Å²) in [7, 11) is 0. The van der Waals surface area contributed by atoms with E-state index < -0.39 is 6.10 Å². The number of nitrogens with zero attached hydrogens (tertiary/aromatic N) is 1. The van der Waals surface area contributed by atoms with Crippen molar-refractivity contribution in [3.05, 3.63) is 58.3 Å². The maximum Gasteiger partial charge on any atom is 0.235 e. The van der Waals surface area contributed by atoms with Gasteiger partial charge in [0, 0.05) is 6.54 Å². The van der Waals surface area contributed by atoms with E-state index in [9.17, 15) is 9.90 Å². The van der Waals surface area contributed by atoms with Gasteiger partial charge in [0.15, 0.2) is 0 Å². The molecule has 0 aliphatic carbocycles. The molecule has 2 atom stereocenters. The van der Waals surface area contributed by atoms with Crippen molar-refractivity contribution in [3.63, 3.8) is 0 Å². The summed E-state index contributed by atoms with van der Waals surface area (Å²) in [6.45, 7) is 2.74. The number of aliphatic hydroxyl groups excluding tert-OH is 1. The van der Waals surface area contributed by atoms with Crippen LogP contribution in [-0.4, -0.2) is 34.0 Å². The molecule has 1 heterocycles. The summed E-state index contributed by atoms with van der Waals surface area (Å²) in [6, 6.07) is 11.8. The van der Waals surface area contributed by atoms with Gasteiger partial charge in [0.2, 0.25) is 5.91 Å². The van der Waals surface area contributed by atoms with Crippen molar-refractivity contribution in [2.24, 2.45) is 0 Å². The predicted octanol–water partition coefficient (Wildman–Crippen LogP) is 3.56. The SMILES string of the molecule is CSC(C)C(=O)N(Cc1ccccc1)CC(O)c1ccsc1. The maximum absolute atomic E-state index is 12.6. The van der Waals surface area contributed by atoms with E-state index in [1.807, 2.05) is 60.3 Å². The van der Waals surface area contributed by atoms with Gasteiger partial charge in [0.05, 0.1) is 17.9 Å². The molecule has 0 aliphatic rings. The van der Waals surface area contributed by atoms with Crippen molar-refractivity contribution in [1.82, 2.24) is 4.90 Å². The standard InChI is InChI=1S/C17H21NO2S2/c1-13(21-2)17(20)18(10-14-6-4-3-5-7-14)11-16(19)15-8-9-22-12-15/h3-9,12-13,16,19H,10-11H2,1-2H3. The molecule has 3 nitrogen and oxygen atoms in total. The quantitative estimate of drug-likeness (QED) is 0.841. The number of hydrogen-bond donors (Lipinski definition) is 1. The molecule has 0 aliphatic heterocycles. The lowest BCUT2D eigenvalue weighted by molar-refractivity contribution is -0.132.